The highest BCUT2D eigenvalue weighted by Crippen LogP contribution is 2.42. The Bertz CT molecular complexity index is 1240. The van der Waals surface area contributed by atoms with Gasteiger partial charge in [0.2, 0.25) is 5.56 Å². The monoisotopic (exact) mass is 415 g/mol. The number of aryl methyl sites for hydroxylation is 1. The number of hydrogen-bond acceptors (Lipinski definition) is 3. The fourth-order valence-electron chi connectivity index (χ4n) is 5.23. The number of pyridine rings is 2. The molecule has 31 heavy (non-hydrogen) atoms. The first-order valence-electron chi connectivity index (χ1n) is 10.7. The highest BCUT2D eigenvalue weighted by molar-refractivity contribution is 5.94. The number of aromatic nitrogens is 2. The molecular formula is C25H25N3O3. The van der Waals surface area contributed by atoms with E-state index in [1.54, 1.807) is 25.4 Å². The van der Waals surface area contributed by atoms with Crippen molar-refractivity contribution >= 4 is 5.91 Å². The minimum absolute atomic E-state index is 0.0121. The van der Waals surface area contributed by atoms with Crippen LogP contribution >= 0.6 is 0 Å². The second-order valence-corrected chi connectivity index (χ2v) is 8.69. The van der Waals surface area contributed by atoms with Crippen molar-refractivity contribution in [3.05, 3.63) is 104 Å². The van der Waals surface area contributed by atoms with E-state index >= 15 is 0 Å². The predicted molar refractivity (Wildman–Crippen MR) is 118 cm³/mol. The molecule has 2 aromatic heterocycles. The standard InChI is InChI=1S/C25H25N3O3/c1-26-14-18(10-11-23(26)29)25(31)27-15-19-13-20(16-27)22(12-17-6-3-2-4-7-17)28-21(19)8-5-9-24(28)30/h2-11,14,19-20,22H,12-13,15-16H2,1H3/t19-,20+,22+/m1/s1. The van der Waals surface area contributed by atoms with Crippen LogP contribution in [-0.4, -0.2) is 33.0 Å². The second kappa shape index (κ2) is 7.69. The summed E-state index contributed by atoms with van der Waals surface area (Å²) in [6.07, 6.45) is 3.34. The van der Waals surface area contributed by atoms with Gasteiger partial charge in [0.1, 0.15) is 0 Å². The minimum atomic E-state index is -0.136. The van der Waals surface area contributed by atoms with Gasteiger partial charge in [-0.25, -0.2) is 0 Å². The Morgan fingerprint density at radius 2 is 1.74 bits per heavy atom. The highest BCUT2D eigenvalue weighted by Gasteiger charge is 2.41. The number of carbonyl (C=O) groups excluding carboxylic acids is 1. The molecule has 3 atom stereocenters. The van der Waals surface area contributed by atoms with Crippen LogP contribution in [-0.2, 0) is 13.5 Å². The normalized spacial score (nSPS) is 22.1. The molecule has 1 amide bonds. The summed E-state index contributed by atoms with van der Waals surface area (Å²) in [5.74, 6) is 0.273. The number of piperidine rings is 1. The first-order valence-corrected chi connectivity index (χ1v) is 10.7. The van der Waals surface area contributed by atoms with Crippen molar-refractivity contribution in [2.45, 2.75) is 24.8 Å². The fourth-order valence-corrected chi connectivity index (χ4v) is 5.23. The summed E-state index contributed by atoms with van der Waals surface area (Å²) in [5, 5.41) is 0. The molecule has 1 saturated heterocycles. The SMILES string of the molecule is Cn1cc(C(=O)N2C[C@H]3C[C@@H](C2)[C@H](Cc2ccccc2)n2c3cccc2=O)ccc1=O. The number of benzene rings is 1. The summed E-state index contributed by atoms with van der Waals surface area (Å²) in [6, 6.07) is 18.8. The van der Waals surface area contributed by atoms with Gasteiger partial charge in [-0.2, -0.15) is 0 Å². The number of carbonyl (C=O) groups is 1. The van der Waals surface area contributed by atoms with Crippen LogP contribution in [0.3, 0.4) is 0 Å². The zero-order chi connectivity index (χ0) is 21.5. The van der Waals surface area contributed by atoms with Crippen LogP contribution in [0, 0.1) is 5.92 Å². The molecule has 5 rings (SSSR count). The number of nitrogens with zero attached hydrogens (tertiary/aromatic N) is 3. The third kappa shape index (κ3) is 3.52. The molecule has 158 valence electrons. The van der Waals surface area contributed by atoms with E-state index < -0.39 is 0 Å². The van der Waals surface area contributed by atoms with Crippen LogP contribution in [0.1, 0.15) is 40.0 Å². The largest absolute Gasteiger partial charge is 0.338 e. The molecule has 4 heterocycles. The summed E-state index contributed by atoms with van der Waals surface area (Å²) in [7, 11) is 1.66. The van der Waals surface area contributed by atoms with E-state index in [0.29, 0.717) is 18.7 Å². The molecule has 0 radical (unpaired) electrons. The lowest BCUT2D eigenvalue weighted by molar-refractivity contribution is 0.0528. The van der Waals surface area contributed by atoms with Gasteiger partial charge in [-0.1, -0.05) is 36.4 Å². The maximum Gasteiger partial charge on any atom is 0.255 e. The van der Waals surface area contributed by atoms with Crippen molar-refractivity contribution in [3.63, 3.8) is 0 Å². The van der Waals surface area contributed by atoms with Crippen molar-refractivity contribution in [2.24, 2.45) is 13.0 Å². The van der Waals surface area contributed by atoms with Crippen molar-refractivity contribution < 1.29 is 4.79 Å². The van der Waals surface area contributed by atoms with Crippen LogP contribution in [0.15, 0.2) is 76.4 Å². The van der Waals surface area contributed by atoms with Crippen molar-refractivity contribution in [1.82, 2.24) is 14.0 Å². The molecular weight excluding hydrogens is 390 g/mol. The van der Waals surface area contributed by atoms with Crippen LogP contribution < -0.4 is 11.1 Å². The van der Waals surface area contributed by atoms with E-state index in [1.807, 2.05) is 39.8 Å². The molecule has 1 aromatic carbocycles. The molecule has 2 bridgehead atoms. The Morgan fingerprint density at radius 1 is 0.935 bits per heavy atom. The average Bonchev–Trinajstić information content (AvgIpc) is 2.78. The van der Waals surface area contributed by atoms with E-state index in [4.69, 9.17) is 0 Å². The fraction of sp³-hybridized carbons (Fsp3) is 0.320. The Kier molecular flexibility index (Phi) is 4.85. The predicted octanol–water partition coefficient (Wildman–Crippen LogP) is 2.59. The maximum atomic E-state index is 13.3. The quantitative estimate of drug-likeness (QED) is 0.661. The van der Waals surface area contributed by atoms with Gasteiger partial charge in [0.25, 0.3) is 11.5 Å². The average molecular weight is 415 g/mol. The summed E-state index contributed by atoms with van der Waals surface area (Å²) in [6.45, 7) is 1.19. The van der Waals surface area contributed by atoms with Crippen molar-refractivity contribution in [2.75, 3.05) is 13.1 Å². The van der Waals surface area contributed by atoms with Crippen LogP contribution in [0.25, 0.3) is 0 Å². The second-order valence-electron chi connectivity index (χ2n) is 8.69. The molecule has 1 fully saturated rings. The molecule has 0 N–H and O–H groups in total. The van der Waals surface area contributed by atoms with Crippen molar-refractivity contribution in [1.29, 1.82) is 0 Å². The van der Waals surface area contributed by atoms with Gasteiger partial charge in [-0.3, -0.25) is 14.4 Å². The summed E-state index contributed by atoms with van der Waals surface area (Å²) in [5.41, 5.74) is 2.62. The Balaban J connectivity index is 1.51. The lowest BCUT2D eigenvalue weighted by Gasteiger charge is -2.47. The smallest absolute Gasteiger partial charge is 0.255 e. The van der Waals surface area contributed by atoms with E-state index in [1.165, 1.54) is 16.2 Å². The topological polar surface area (TPSA) is 64.3 Å². The Labute approximate surface area is 180 Å². The third-order valence-corrected chi connectivity index (χ3v) is 6.71. The van der Waals surface area contributed by atoms with Gasteiger partial charge in [0.05, 0.1) is 5.56 Å². The minimum Gasteiger partial charge on any atom is -0.338 e. The Hall–Kier alpha value is -3.41. The van der Waals surface area contributed by atoms with E-state index in [2.05, 4.69) is 12.1 Å². The summed E-state index contributed by atoms with van der Waals surface area (Å²) < 4.78 is 3.41. The summed E-state index contributed by atoms with van der Waals surface area (Å²) >= 11 is 0. The third-order valence-electron chi connectivity index (χ3n) is 6.71. The molecule has 0 saturated carbocycles. The van der Waals surface area contributed by atoms with Crippen LogP contribution in [0.5, 0.6) is 0 Å². The number of fused-ring (bicyclic) bond motifs is 4. The molecule has 0 aliphatic carbocycles. The van der Waals surface area contributed by atoms with E-state index in [9.17, 15) is 14.4 Å². The van der Waals surface area contributed by atoms with Gasteiger partial charge in [-0.15, -0.1) is 0 Å². The molecule has 6 nitrogen and oxygen atoms in total. The molecule has 6 heteroatoms. The molecule has 3 aromatic rings. The first kappa shape index (κ1) is 19.5. The van der Waals surface area contributed by atoms with E-state index in [0.717, 1.165) is 18.5 Å². The van der Waals surface area contributed by atoms with Gasteiger partial charge < -0.3 is 14.0 Å². The van der Waals surface area contributed by atoms with Crippen molar-refractivity contribution in [3.8, 4) is 0 Å². The van der Waals surface area contributed by atoms with Crippen LogP contribution in [0.2, 0.25) is 0 Å². The van der Waals surface area contributed by atoms with Crippen LogP contribution in [0.4, 0.5) is 0 Å². The number of hydrogen-bond donors (Lipinski definition) is 0. The number of amides is 1. The van der Waals surface area contributed by atoms with Gasteiger partial charge >= 0.3 is 0 Å². The lowest BCUT2D eigenvalue weighted by atomic mass is 9.76. The number of rotatable bonds is 3. The first-order chi connectivity index (χ1) is 15.0. The molecule has 0 unspecified atom stereocenters. The lowest BCUT2D eigenvalue weighted by Crippen LogP contribution is -2.51. The zero-order valence-corrected chi connectivity index (χ0v) is 17.5. The zero-order valence-electron chi connectivity index (χ0n) is 17.5. The molecule has 2 aliphatic rings. The van der Waals surface area contributed by atoms with Gasteiger partial charge in [0, 0.05) is 56.1 Å². The van der Waals surface area contributed by atoms with Gasteiger partial charge in [-0.05, 0) is 36.5 Å². The number of likely N-dealkylation sites (tertiary alicyclic amines) is 1. The summed E-state index contributed by atoms with van der Waals surface area (Å²) in [4.78, 5) is 39.8. The molecule has 2 aliphatic heterocycles. The molecule has 0 spiro atoms. The van der Waals surface area contributed by atoms with E-state index in [-0.39, 0.29) is 34.9 Å². The maximum absolute atomic E-state index is 13.3. The highest BCUT2D eigenvalue weighted by atomic mass is 16.2. The Morgan fingerprint density at radius 3 is 2.52 bits per heavy atom. The van der Waals surface area contributed by atoms with Gasteiger partial charge in [0.15, 0.2) is 0 Å².